The number of piperazine rings is 1. The van der Waals surface area contributed by atoms with Gasteiger partial charge in [-0.15, -0.1) is 0 Å². The van der Waals surface area contributed by atoms with Gasteiger partial charge in [-0.25, -0.2) is 8.42 Å². The first-order valence-electron chi connectivity index (χ1n) is 11.2. The van der Waals surface area contributed by atoms with Crippen molar-refractivity contribution in [1.82, 2.24) is 9.21 Å². The Morgan fingerprint density at radius 3 is 2.26 bits per heavy atom. The maximum Gasteiger partial charge on any atom is 0.293 e. The summed E-state index contributed by atoms with van der Waals surface area (Å²) in [6.45, 7) is 4.76. The van der Waals surface area contributed by atoms with Gasteiger partial charge in [0.15, 0.2) is 0 Å². The van der Waals surface area contributed by atoms with Crippen LogP contribution in [0.4, 0.5) is 11.4 Å². The van der Waals surface area contributed by atoms with Gasteiger partial charge in [-0.3, -0.25) is 14.9 Å². The number of benzene rings is 2. The van der Waals surface area contributed by atoms with Crippen LogP contribution in [0.15, 0.2) is 47.4 Å². The van der Waals surface area contributed by atoms with Gasteiger partial charge in [-0.2, -0.15) is 4.31 Å². The number of ether oxygens (including phenoxy) is 1. The second kappa shape index (κ2) is 10.1. The number of nitrogens with zero attached hydrogens (tertiary/aromatic N) is 4. The molecular formula is C23H28N4O6S. The van der Waals surface area contributed by atoms with Crippen LogP contribution in [0.25, 0.3) is 0 Å². The molecule has 0 aliphatic carbocycles. The fourth-order valence-electron chi connectivity index (χ4n) is 4.20. The number of carbonyl (C=O) groups excluding carboxylic acids is 1. The van der Waals surface area contributed by atoms with E-state index in [0.29, 0.717) is 51.5 Å². The first kappa shape index (κ1) is 24.1. The van der Waals surface area contributed by atoms with E-state index in [4.69, 9.17) is 4.74 Å². The molecule has 2 aliphatic rings. The van der Waals surface area contributed by atoms with Crippen molar-refractivity contribution < 1.29 is 22.9 Å². The second-order valence-corrected chi connectivity index (χ2v) is 10.4. The minimum atomic E-state index is -3.84. The first-order valence-corrected chi connectivity index (χ1v) is 12.6. The van der Waals surface area contributed by atoms with Crippen molar-refractivity contribution in [3.05, 3.63) is 63.7 Å². The lowest BCUT2D eigenvalue weighted by Gasteiger charge is -2.36. The average Bonchev–Trinajstić information content (AvgIpc) is 2.85. The number of sulfonamides is 1. The van der Waals surface area contributed by atoms with Gasteiger partial charge in [0.05, 0.1) is 29.5 Å². The van der Waals surface area contributed by atoms with Crippen LogP contribution in [0, 0.1) is 17.0 Å². The number of nitro groups is 1. The summed E-state index contributed by atoms with van der Waals surface area (Å²) in [7, 11) is -3.84. The van der Waals surface area contributed by atoms with Crippen LogP contribution in [-0.2, 0) is 26.0 Å². The quantitative estimate of drug-likeness (QED) is 0.450. The van der Waals surface area contributed by atoms with Crippen molar-refractivity contribution in [3.63, 3.8) is 0 Å². The number of anilines is 1. The minimum Gasteiger partial charge on any atom is -0.379 e. The Morgan fingerprint density at radius 2 is 1.65 bits per heavy atom. The molecule has 2 aromatic rings. The van der Waals surface area contributed by atoms with E-state index in [2.05, 4.69) is 0 Å². The normalized spacial score (nSPS) is 17.6. The third-order valence-corrected chi connectivity index (χ3v) is 8.10. The largest absolute Gasteiger partial charge is 0.379 e. The maximum atomic E-state index is 12.9. The average molecular weight is 489 g/mol. The highest BCUT2D eigenvalue weighted by molar-refractivity contribution is 7.89. The molecule has 0 radical (unpaired) electrons. The van der Waals surface area contributed by atoms with E-state index < -0.39 is 14.9 Å². The zero-order valence-corrected chi connectivity index (χ0v) is 19.9. The van der Waals surface area contributed by atoms with Crippen LogP contribution >= 0.6 is 0 Å². The summed E-state index contributed by atoms with van der Waals surface area (Å²) in [4.78, 5) is 27.4. The highest BCUT2D eigenvalue weighted by Crippen LogP contribution is 2.32. The van der Waals surface area contributed by atoms with E-state index in [9.17, 15) is 23.3 Å². The van der Waals surface area contributed by atoms with Gasteiger partial charge in [-0.05, 0) is 24.6 Å². The smallest absolute Gasteiger partial charge is 0.293 e. The molecule has 0 bridgehead atoms. The van der Waals surface area contributed by atoms with Crippen molar-refractivity contribution in [2.75, 3.05) is 57.4 Å². The van der Waals surface area contributed by atoms with Gasteiger partial charge in [0.25, 0.3) is 5.69 Å². The molecule has 2 aromatic carbocycles. The molecule has 0 unspecified atom stereocenters. The van der Waals surface area contributed by atoms with Crippen LogP contribution in [0.3, 0.4) is 0 Å². The summed E-state index contributed by atoms with van der Waals surface area (Å²) in [5.41, 5.74) is 2.19. The van der Waals surface area contributed by atoms with Crippen molar-refractivity contribution >= 4 is 27.3 Å². The summed E-state index contributed by atoms with van der Waals surface area (Å²) in [5.74, 6) is 0.0185. The maximum absolute atomic E-state index is 12.9. The molecule has 2 heterocycles. The van der Waals surface area contributed by atoms with Crippen LogP contribution < -0.4 is 4.90 Å². The number of aryl methyl sites for hydroxylation is 1. The Labute approximate surface area is 198 Å². The topological polar surface area (TPSA) is 113 Å². The fourth-order valence-corrected chi connectivity index (χ4v) is 5.63. The van der Waals surface area contributed by atoms with Gasteiger partial charge in [-0.1, -0.05) is 29.8 Å². The van der Waals surface area contributed by atoms with Crippen LogP contribution in [0.1, 0.15) is 11.1 Å². The molecule has 34 heavy (non-hydrogen) atoms. The molecule has 2 aliphatic heterocycles. The molecular weight excluding hydrogens is 460 g/mol. The lowest BCUT2D eigenvalue weighted by molar-refractivity contribution is -0.384. The Hall–Kier alpha value is -3.02. The van der Waals surface area contributed by atoms with Gasteiger partial charge < -0.3 is 14.5 Å². The van der Waals surface area contributed by atoms with Crippen molar-refractivity contribution in [2.45, 2.75) is 18.2 Å². The van der Waals surface area contributed by atoms with Gasteiger partial charge in [0.1, 0.15) is 5.69 Å². The Bertz CT molecular complexity index is 1150. The van der Waals surface area contributed by atoms with E-state index >= 15 is 0 Å². The number of nitro benzene ring substituents is 1. The van der Waals surface area contributed by atoms with Crippen molar-refractivity contribution in [1.29, 1.82) is 0 Å². The standard InChI is InChI=1S/C23H28N4O6S/c1-18-2-4-19(5-3-18)16-23(28)25-10-8-24(9-11-25)21-7-6-20(17-22(21)27(29)30)34(31,32)26-12-14-33-15-13-26/h2-7,17H,8-16H2,1H3. The summed E-state index contributed by atoms with van der Waals surface area (Å²) >= 11 is 0. The molecule has 2 fully saturated rings. The number of rotatable bonds is 6. The van der Waals surface area contributed by atoms with Gasteiger partial charge >= 0.3 is 0 Å². The van der Waals surface area contributed by atoms with E-state index in [1.165, 1.54) is 16.4 Å². The molecule has 0 N–H and O–H groups in total. The zero-order valence-electron chi connectivity index (χ0n) is 19.1. The van der Waals surface area contributed by atoms with E-state index in [1.807, 2.05) is 36.1 Å². The minimum absolute atomic E-state index is 0.0185. The monoisotopic (exact) mass is 488 g/mol. The van der Waals surface area contributed by atoms with Crippen LogP contribution in [0.2, 0.25) is 0 Å². The second-order valence-electron chi connectivity index (χ2n) is 8.45. The van der Waals surface area contributed by atoms with E-state index in [0.717, 1.165) is 17.2 Å². The number of morpholine rings is 1. The zero-order chi connectivity index (χ0) is 24.3. The third kappa shape index (κ3) is 5.21. The molecule has 2 saturated heterocycles. The third-order valence-electron chi connectivity index (χ3n) is 6.20. The van der Waals surface area contributed by atoms with Crippen molar-refractivity contribution in [2.24, 2.45) is 0 Å². The molecule has 11 heteroatoms. The Kier molecular flexibility index (Phi) is 7.15. The molecule has 0 atom stereocenters. The fraction of sp³-hybridized carbons (Fsp3) is 0.435. The number of hydrogen-bond acceptors (Lipinski definition) is 7. The van der Waals surface area contributed by atoms with Crippen LogP contribution in [-0.4, -0.2) is 80.9 Å². The predicted molar refractivity (Wildman–Crippen MR) is 126 cm³/mol. The molecule has 0 aromatic heterocycles. The van der Waals surface area contributed by atoms with Gasteiger partial charge in [0, 0.05) is 45.3 Å². The Morgan fingerprint density at radius 1 is 1.00 bits per heavy atom. The highest BCUT2D eigenvalue weighted by atomic mass is 32.2. The SMILES string of the molecule is Cc1ccc(CC(=O)N2CCN(c3ccc(S(=O)(=O)N4CCOCC4)cc3[N+](=O)[O-])CC2)cc1. The van der Waals surface area contributed by atoms with E-state index in [1.54, 1.807) is 4.90 Å². The van der Waals surface area contributed by atoms with Crippen molar-refractivity contribution in [3.8, 4) is 0 Å². The lowest BCUT2D eigenvalue weighted by Crippen LogP contribution is -2.49. The van der Waals surface area contributed by atoms with E-state index in [-0.39, 0.29) is 29.6 Å². The molecule has 10 nitrogen and oxygen atoms in total. The summed E-state index contributed by atoms with van der Waals surface area (Å²) in [6, 6.07) is 11.9. The molecule has 4 rings (SSSR count). The summed E-state index contributed by atoms with van der Waals surface area (Å²) in [6.07, 6.45) is 0.314. The number of amides is 1. The highest BCUT2D eigenvalue weighted by Gasteiger charge is 2.31. The molecule has 0 spiro atoms. The summed E-state index contributed by atoms with van der Waals surface area (Å²) in [5, 5.41) is 11.8. The van der Waals surface area contributed by atoms with Gasteiger partial charge in [0.2, 0.25) is 15.9 Å². The first-order chi connectivity index (χ1) is 16.3. The molecule has 182 valence electrons. The lowest BCUT2D eigenvalue weighted by atomic mass is 10.1. The number of hydrogen-bond donors (Lipinski definition) is 0. The summed E-state index contributed by atoms with van der Waals surface area (Å²) < 4.78 is 32.3. The number of carbonyl (C=O) groups is 1. The van der Waals surface area contributed by atoms with Crippen LogP contribution in [0.5, 0.6) is 0 Å². The molecule has 0 saturated carbocycles. The predicted octanol–water partition coefficient (Wildman–Crippen LogP) is 1.82. The molecule has 1 amide bonds. The Balaban J connectivity index is 1.45.